The van der Waals surface area contributed by atoms with Gasteiger partial charge in [0.25, 0.3) is 11.8 Å². The van der Waals surface area contributed by atoms with Crippen molar-refractivity contribution < 1.29 is 22.8 Å². The zero-order chi connectivity index (χ0) is 20.1. The third-order valence-corrected chi connectivity index (χ3v) is 5.45. The van der Waals surface area contributed by atoms with Crippen molar-refractivity contribution >= 4 is 23.2 Å². The Bertz CT molecular complexity index is 816. The quantitative estimate of drug-likeness (QED) is 0.823. The fourth-order valence-electron chi connectivity index (χ4n) is 3.08. The largest absolute Gasteiger partial charge is 0.417 e. The highest BCUT2D eigenvalue weighted by Gasteiger charge is 2.36. The molecule has 28 heavy (non-hydrogen) atoms. The van der Waals surface area contributed by atoms with Gasteiger partial charge in [-0.2, -0.15) is 13.2 Å². The number of carbonyl (C=O) groups excluding carboxylic acids is 2. The molecule has 0 bridgehead atoms. The molecule has 0 atom stereocenters. The highest BCUT2D eigenvalue weighted by molar-refractivity contribution is 7.12. The van der Waals surface area contributed by atoms with Crippen LogP contribution in [-0.2, 0) is 6.18 Å². The molecule has 0 aliphatic carbocycles. The van der Waals surface area contributed by atoms with Gasteiger partial charge in [-0.3, -0.25) is 14.5 Å². The van der Waals surface area contributed by atoms with Gasteiger partial charge in [-0.25, -0.2) is 0 Å². The SMILES string of the molecule is O=C(NCCN1CCN(C(=O)c2ccccc2C(F)(F)F)CC1)c1cccs1. The predicted octanol–water partition coefficient (Wildman–Crippen LogP) is 2.95. The lowest BCUT2D eigenvalue weighted by molar-refractivity contribution is -0.138. The van der Waals surface area contributed by atoms with E-state index in [2.05, 4.69) is 10.2 Å². The van der Waals surface area contributed by atoms with Crippen LogP contribution in [0, 0.1) is 0 Å². The molecule has 9 heteroatoms. The Morgan fingerprint density at radius 3 is 2.39 bits per heavy atom. The minimum atomic E-state index is -4.56. The summed E-state index contributed by atoms with van der Waals surface area (Å²) in [7, 11) is 0. The molecule has 0 saturated carbocycles. The lowest BCUT2D eigenvalue weighted by Gasteiger charge is -2.35. The van der Waals surface area contributed by atoms with Crippen molar-refractivity contribution in [2.24, 2.45) is 0 Å². The molecular weight excluding hydrogens is 391 g/mol. The van der Waals surface area contributed by atoms with Gasteiger partial charge >= 0.3 is 6.18 Å². The molecule has 2 amide bonds. The Kier molecular flexibility index (Phi) is 6.35. The maximum atomic E-state index is 13.1. The number of benzene rings is 1. The molecule has 1 aromatic carbocycles. The van der Waals surface area contributed by atoms with Crippen LogP contribution in [0.5, 0.6) is 0 Å². The van der Waals surface area contributed by atoms with Crippen molar-refractivity contribution in [3.63, 3.8) is 0 Å². The Labute approximate surface area is 164 Å². The molecule has 150 valence electrons. The summed E-state index contributed by atoms with van der Waals surface area (Å²) in [6.45, 7) is 2.90. The molecular formula is C19H20F3N3O2S. The average Bonchev–Trinajstić information content (AvgIpc) is 3.22. The molecule has 1 N–H and O–H groups in total. The number of piperazine rings is 1. The van der Waals surface area contributed by atoms with E-state index in [1.165, 1.54) is 34.4 Å². The Morgan fingerprint density at radius 1 is 1.04 bits per heavy atom. The van der Waals surface area contributed by atoms with Crippen molar-refractivity contribution in [3.05, 3.63) is 57.8 Å². The van der Waals surface area contributed by atoms with Crippen molar-refractivity contribution in [2.45, 2.75) is 6.18 Å². The summed E-state index contributed by atoms with van der Waals surface area (Å²) in [4.78, 5) is 28.6. The number of amides is 2. The number of nitrogens with one attached hydrogen (secondary N) is 1. The molecule has 1 fully saturated rings. The standard InChI is InChI=1S/C19H20F3N3O2S/c20-19(21,22)15-5-2-1-4-14(15)18(27)25-11-9-24(10-12-25)8-7-23-17(26)16-6-3-13-28-16/h1-6,13H,7-12H2,(H,23,26). The van der Waals surface area contributed by atoms with Gasteiger partial charge in [0.05, 0.1) is 16.0 Å². The Hall–Kier alpha value is -2.39. The molecule has 1 aliphatic rings. The maximum Gasteiger partial charge on any atom is 0.417 e. The normalized spacial score (nSPS) is 15.5. The number of halogens is 3. The van der Waals surface area contributed by atoms with Crippen molar-refractivity contribution in [1.29, 1.82) is 0 Å². The first kappa shape index (κ1) is 20.3. The summed E-state index contributed by atoms with van der Waals surface area (Å²) >= 11 is 1.37. The molecule has 0 spiro atoms. The van der Waals surface area contributed by atoms with E-state index in [4.69, 9.17) is 0 Å². The number of thiophene rings is 1. The van der Waals surface area contributed by atoms with E-state index in [-0.39, 0.29) is 11.5 Å². The minimum Gasteiger partial charge on any atom is -0.350 e. The Morgan fingerprint density at radius 2 is 1.75 bits per heavy atom. The van der Waals surface area contributed by atoms with Gasteiger partial charge in [-0.15, -0.1) is 11.3 Å². The van der Waals surface area contributed by atoms with Crippen molar-refractivity contribution in [2.75, 3.05) is 39.3 Å². The second kappa shape index (κ2) is 8.74. The maximum absolute atomic E-state index is 13.1. The first-order valence-corrected chi connectivity index (χ1v) is 9.74. The molecule has 1 aliphatic heterocycles. The van der Waals surface area contributed by atoms with Crippen LogP contribution in [0.2, 0.25) is 0 Å². The lowest BCUT2D eigenvalue weighted by atomic mass is 10.1. The highest BCUT2D eigenvalue weighted by Crippen LogP contribution is 2.32. The van der Waals surface area contributed by atoms with Gasteiger partial charge < -0.3 is 10.2 Å². The van der Waals surface area contributed by atoms with Crippen LogP contribution in [0.1, 0.15) is 25.6 Å². The second-order valence-electron chi connectivity index (χ2n) is 6.41. The van der Waals surface area contributed by atoms with Crippen molar-refractivity contribution in [3.8, 4) is 0 Å². The molecule has 0 radical (unpaired) electrons. The summed E-state index contributed by atoms with van der Waals surface area (Å²) in [5, 5.41) is 4.68. The van der Waals surface area contributed by atoms with Gasteiger partial charge in [-0.05, 0) is 23.6 Å². The molecule has 2 aromatic rings. The number of rotatable bonds is 5. The van der Waals surface area contributed by atoms with E-state index >= 15 is 0 Å². The third kappa shape index (κ3) is 4.90. The fraction of sp³-hybridized carbons (Fsp3) is 0.368. The number of alkyl halides is 3. The lowest BCUT2D eigenvalue weighted by Crippen LogP contribution is -2.50. The summed E-state index contributed by atoms with van der Waals surface area (Å²) < 4.78 is 39.4. The van der Waals surface area contributed by atoms with E-state index < -0.39 is 17.6 Å². The summed E-state index contributed by atoms with van der Waals surface area (Å²) in [6.07, 6.45) is -4.56. The first-order valence-electron chi connectivity index (χ1n) is 8.86. The van der Waals surface area contributed by atoms with Crippen LogP contribution in [0.25, 0.3) is 0 Å². The number of carbonyl (C=O) groups is 2. The van der Waals surface area contributed by atoms with E-state index in [0.717, 1.165) is 6.07 Å². The molecule has 0 unspecified atom stereocenters. The number of hydrogen-bond acceptors (Lipinski definition) is 4. The van der Waals surface area contributed by atoms with Crippen LogP contribution in [0.15, 0.2) is 41.8 Å². The minimum absolute atomic E-state index is 0.118. The van der Waals surface area contributed by atoms with Gasteiger partial charge in [0.2, 0.25) is 0 Å². The van der Waals surface area contributed by atoms with Gasteiger partial charge in [0.1, 0.15) is 0 Å². The van der Waals surface area contributed by atoms with Gasteiger partial charge in [0.15, 0.2) is 0 Å². The average molecular weight is 411 g/mol. The Balaban J connectivity index is 1.49. The number of nitrogens with zero attached hydrogens (tertiary/aromatic N) is 2. The molecule has 1 aromatic heterocycles. The van der Waals surface area contributed by atoms with E-state index in [1.54, 1.807) is 6.07 Å². The van der Waals surface area contributed by atoms with Crippen LogP contribution in [0.3, 0.4) is 0 Å². The zero-order valence-electron chi connectivity index (χ0n) is 15.0. The molecule has 3 rings (SSSR count). The second-order valence-corrected chi connectivity index (χ2v) is 7.36. The summed E-state index contributed by atoms with van der Waals surface area (Å²) in [6, 6.07) is 8.43. The van der Waals surface area contributed by atoms with E-state index in [0.29, 0.717) is 44.1 Å². The van der Waals surface area contributed by atoms with Gasteiger partial charge in [-0.1, -0.05) is 18.2 Å². The third-order valence-electron chi connectivity index (χ3n) is 4.58. The summed E-state index contributed by atoms with van der Waals surface area (Å²) in [5.41, 5.74) is -1.22. The predicted molar refractivity (Wildman–Crippen MR) is 100 cm³/mol. The smallest absolute Gasteiger partial charge is 0.350 e. The highest BCUT2D eigenvalue weighted by atomic mass is 32.1. The monoisotopic (exact) mass is 411 g/mol. The van der Waals surface area contributed by atoms with Crippen LogP contribution >= 0.6 is 11.3 Å². The van der Waals surface area contributed by atoms with Crippen LogP contribution in [0.4, 0.5) is 13.2 Å². The molecule has 5 nitrogen and oxygen atoms in total. The molecule has 2 heterocycles. The fourth-order valence-corrected chi connectivity index (χ4v) is 3.72. The van der Waals surface area contributed by atoms with E-state index in [1.807, 2.05) is 11.4 Å². The van der Waals surface area contributed by atoms with Crippen molar-refractivity contribution in [1.82, 2.24) is 15.1 Å². The molecule has 1 saturated heterocycles. The first-order chi connectivity index (χ1) is 13.4. The van der Waals surface area contributed by atoms with Gasteiger partial charge in [0, 0.05) is 39.3 Å². The van der Waals surface area contributed by atoms with Crippen LogP contribution in [-0.4, -0.2) is 60.9 Å². The summed E-state index contributed by atoms with van der Waals surface area (Å²) in [5.74, 6) is -0.717. The number of hydrogen-bond donors (Lipinski definition) is 1. The van der Waals surface area contributed by atoms with E-state index in [9.17, 15) is 22.8 Å². The topological polar surface area (TPSA) is 52.7 Å². The zero-order valence-corrected chi connectivity index (χ0v) is 15.9. The van der Waals surface area contributed by atoms with Crippen LogP contribution < -0.4 is 5.32 Å².